The van der Waals surface area contributed by atoms with E-state index in [2.05, 4.69) is 5.32 Å². The van der Waals surface area contributed by atoms with Gasteiger partial charge < -0.3 is 20.0 Å². The van der Waals surface area contributed by atoms with Crippen molar-refractivity contribution in [3.63, 3.8) is 0 Å². The van der Waals surface area contributed by atoms with Gasteiger partial charge in [-0.2, -0.15) is 0 Å². The normalized spacial score (nSPS) is 10.2. The maximum absolute atomic E-state index is 12.4. The first kappa shape index (κ1) is 19.3. The first-order valence-electron chi connectivity index (χ1n) is 8.40. The van der Waals surface area contributed by atoms with Gasteiger partial charge in [0.25, 0.3) is 0 Å². The van der Waals surface area contributed by atoms with Gasteiger partial charge in [-0.15, -0.1) is 0 Å². The van der Waals surface area contributed by atoms with Gasteiger partial charge in [0.05, 0.1) is 0 Å². The molecule has 0 atom stereocenters. The predicted octanol–water partition coefficient (Wildman–Crippen LogP) is 2.81. The number of nitrogens with one attached hydrogen (secondary N) is 1. The molecule has 0 radical (unpaired) electrons. The Morgan fingerprint density at radius 1 is 0.769 bits per heavy atom. The van der Waals surface area contributed by atoms with Crippen LogP contribution < -0.4 is 20.0 Å². The average molecular weight is 354 g/mol. The monoisotopic (exact) mass is 354 g/mol. The van der Waals surface area contributed by atoms with Crippen molar-refractivity contribution < 1.29 is 9.59 Å². The van der Waals surface area contributed by atoms with Crippen molar-refractivity contribution in [2.75, 3.05) is 54.8 Å². The van der Waals surface area contributed by atoms with Crippen LogP contribution in [0.3, 0.4) is 0 Å². The van der Waals surface area contributed by atoms with Gasteiger partial charge in [-0.05, 0) is 48.5 Å². The van der Waals surface area contributed by atoms with E-state index in [0.29, 0.717) is 11.4 Å². The van der Waals surface area contributed by atoms with Gasteiger partial charge in [0.1, 0.15) is 6.54 Å². The highest BCUT2D eigenvalue weighted by molar-refractivity contribution is 6.01. The van der Waals surface area contributed by atoms with Crippen LogP contribution in [0.1, 0.15) is 6.92 Å². The minimum Gasteiger partial charge on any atom is -0.378 e. The Kier molecular flexibility index (Phi) is 6.22. The van der Waals surface area contributed by atoms with Gasteiger partial charge in [-0.1, -0.05) is 0 Å². The second-order valence-electron chi connectivity index (χ2n) is 6.51. The Hall–Kier alpha value is -3.02. The molecule has 0 aliphatic carbocycles. The van der Waals surface area contributed by atoms with Crippen LogP contribution in [0, 0.1) is 0 Å². The van der Waals surface area contributed by atoms with Crippen molar-refractivity contribution in [2.24, 2.45) is 0 Å². The molecule has 0 aliphatic rings. The number of hydrogen-bond donors (Lipinski definition) is 1. The van der Waals surface area contributed by atoms with Gasteiger partial charge in [0.15, 0.2) is 0 Å². The molecule has 138 valence electrons. The molecule has 2 rings (SSSR count). The molecule has 0 unspecified atom stereocenters. The van der Waals surface area contributed by atoms with E-state index in [1.54, 1.807) is 0 Å². The minimum absolute atomic E-state index is 0.0356. The van der Waals surface area contributed by atoms with Crippen LogP contribution in [0.5, 0.6) is 0 Å². The van der Waals surface area contributed by atoms with Crippen molar-refractivity contribution in [3.05, 3.63) is 48.5 Å². The van der Waals surface area contributed by atoms with Crippen molar-refractivity contribution in [2.45, 2.75) is 6.92 Å². The SMILES string of the molecule is CC(=O)N(CC(=O)Nc1ccc(N(C)C)cc1)c1ccc(N(C)C)cc1. The maximum atomic E-state index is 12.4. The molecular weight excluding hydrogens is 328 g/mol. The highest BCUT2D eigenvalue weighted by Gasteiger charge is 2.16. The summed E-state index contributed by atoms with van der Waals surface area (Å²) < 4.78 is 0. The summed E-state index contributed by atoms with van der Waals surface area (Å²) in [6, 6.07) is 15.1. The summed E-state index contributed by atoms with van der Waals surface area (Å²) >= 11 is 0. The summed E-state index contributed by atoms with van der Waals surface area (Å²) in [5.41, 5.74) is 3.48. The molecule has 2 amide bonds. The lowest BCUT2D eigenvalue weighted by molar-refractivity contribution is -0.120. The smallest absolute Gasteiger partial charge is 0.244 e. The second-order valence-corrected chi connectivity index (χ2v) is 6.51. The van der Waals surface area contributed by atoms with Crippen molar-refractivity contribution in [1.82, 2.24) is 0 Å². The summed E-state index contributed by atoms with van der Waals surface area (Å²) in [4.78, 5) is 29.8. The Morgan fingerprint density at radius 3 is 1.62 bits per heavy atom. The first-order chi connectivity index (χ1) is 12.3. The van der Waals surface area contributed by atoms with E-state index in [-0.39, 0.29) is 18.4 Å². The fraction of sp³-hybridized carbons (Fsp3) is 0.300. The first-order valence-corrected chi connectivity index (χ1v) is 8.40. The van der Waals surface area contributed by atoms with E-state index < -0.39 is 0 Å². The number of carbonyl (C=O) groups is 2. The Labute approximate surface area is 155 Å². The van der Waals surface area contributed by atoms with Gasteiger partial charge in [-0.3, -0.25) is 9.59 Å². The number of amides is 2. The van der Waals surface area contributed by atoms with Gasteiger partial charge in [-0.25, -0.2) is 0 Å². The topological polar surface area (TPSA) is 55.9 Å². The molecule has 2 aromatic carbocycles. The standard InChI is InChI=1S/C20H26N4O2/c1-15(25)24(19-12-10-18(11-13-19)23(4)5)14-20(26)21-16-6-8-17(9-7-16)22(2)3/h6-13H,14H2,1-5H3,(H,21,26). The van der Waals surface area contributed by atoms with Crippen LogP contribution in [0.2, 0.25) is 0 Å². The fourth-order valence-corrected chi connectivity index (χ4v) is 2.50. The molecule has 0 aromatic heterocycles. The van der Waals surface area contributed by atoms with Crippen molar-refractivity contribution >= 4 is 34.6 Å². The Morgan fingerprint density at radius 2 is 1.19 bits per heavy atom. The molecule has 0 fully saturated rings. The molecule has 6 nitrogen and oxygen atoms in total. The molecule has 0 saturated heterocycles. The largest absolute Gasteiger partial charge is 0.378 e. The van der Waals surface area contributed by atoms with Crippen LogP contribution >= 0.6 is 0 Å². The third kappa shape index (κ3) is 4.99. The van der Waals surface area contributed by atoms with E-state index in [1.165, 1.54) is 11.8 Å². The molecule has 0 aliphatic heterocycles. The summed E-state index contributed by atoms with van der Waals surface area (Å²) in [5, 5.41) is 2.83. The number of nitrogens with zero attached hydrogens (tertiary/aromatic N) is 3. The van der Waals surface area contributed by atoms with Gasteiger partial charge in [0, 0.05) is 57.9 Å². The van der Waals surface area contributed by atoms with E-state index >= 15 is 0 Å². The third-order valence-electron chi connectivity index (χ3n) is 4.03. The van der Waals surface area contributed by atoms with E-state index in [4.69, 9.17) is 0 Å². The number of benzene rings is 2. The highest BCUT2D eigenvalue weighted by Crippen LogP contribution is 2.20. The minimum atomic E-state index is -0.241. The van der Waals surface area contributed by atoms with Crippen LogP contribution in [-0.2, 0) is 9.59 Å². The Balaban J connectivity index is 2.06. The third-order valence-corrected chi connectivity index (χ3v) is 4.03. The summed E-state index contributed by atoms with van der Waals surface area (Å²) in [6.07, 6.45) is 0. The van der Waals surface area contributed by atoms with Gasteiger partial charge >= 0.3 is 0 Å². The lowest BCUT2D eigenvalue weighted by atomic mass is 10.2. The molecule has 2 aromatic rings. The zero-order chi connectivity index (χ0) is 19.3. The lowest BCUT2D eigenvalue weighted by Crippen LogP contribution is -2.36. The predicted molar refractivity (Wildman–Crippen MR) is 108 cm³/mol. The fourth-order valence-electron chi connectivity index (χ4n) is 2.50. The number of rotatable bonds is 6. The molecular formula is C20H26N4O2. The zero-order valence-electron chi connectivity index (χ0n) is 16.0. The number of carbonyl (C=O) groups excluding carboxylic acids is 2. The molecule has 0 saturated carbocycles. The van der Waals surface area contributed by atoms with E-state index in [0.717, 1.165) is 11.4 Å². The highest BCUT2D eigenvalue weighted by atomic mass is 16.2. The van der Waals surface area contributed by atoms with Crippen LogP contribution in [0.15, 0.2) is 48.5 Å². The van der Waals surface area contributed by atoms with Crippen LogP contribution in [0.25, 0.3) is 0 Å². The quantitative estimate of drug-likeness (QED) is 0.867. The summed E-state index contributed by atoms with van der Waals surface area (Å²) in [6.45, 7) is 1.42. The molecule has 26 heavy (non-hydrogen) atoms. The van der Waals surface area contributed by atoms with Gasteiger partial charge in [0.2, 0.25) is 11.8 Å². The molecule has 0 bridgehead atoms. The molecule has 0 spiro atoms. The molecule has 6 heteroatoms. The second kappa shape index (κ2) is 8.38. The number of hydrogen-bond acceptors (Lipinski definition) is 4. The lowest BCUT2D eigenvalue weighted by Gasteiger charge is -2.22. The average Bonchev–Trinajstić information content (AvgIpc) is 2.60. The molecule has 0 heterocycles. The van der Waals surface area contributed by atoms with E-state index in [1.807, 2.05) is 86.5 Å². The van der Waals surface area contributed by atoms with Crippen LogP contribution in [-0.4, -0.2) is 46.5 Å². The van der Waals surface area contributed by atoms with Crippen molar-refractivity contribution in [1.29, 1.82) is 0 Å². The maximum Gasteiger partial charge on any atom is 0.244 e. The Bertz CT molecular complexity index is 752. The summed E-state index contributed by atoms with van der Waals surface area (Å²) in [5.74, 6) is -0.421. The zero-order valence-corrected chi connectivity index (χ0v) is 16.0. The van der Waals surface area contributed by atoms with Crippen LogP contribution in [0.4, 0.5) is 22.7 Å². The van der Waals surface area contributed by atoms with E-state index in [9.17, 15) is 9.59 Å². The summed E-state index contributed by atoms with van der Waals surface area (Å²) in [7, 11) is 7.82. The number of anilines is 4. The van der Waals surface area contributed by atoms with Crippen molar-refractivity contribution in [3.8, 4) is 0 Å². The molecule has 1 N–H and O–H groups in total.